The summed E-state index contributed by atoms with van der Waals surface area (Å²) in [6, 6.07) is 1.79. The van der Waals surface area contributed by atoms with Gasteiger partial charge in [-0.15, -0.1) is 5.10 Å². The average Bonchev–Trinajstić information content (AvgIpc) is 2.69. The fourth-order valence-corrected chi connectivity index (χ4v) is 1.72. The molecular formula is C9H10N4S. The normalized spacial score (nSPS) is 12.7. The molecule has 2 aromatic rings. The Kier molecular flexibility index (Phi) is 2.51. The van der Waals surface area contributed by atoms with E-state index in [-0.39, 0.29) is 6.04 Å². The number of hydrogen-bond donors (Lipinski definition) is 1. The van der Waals surface area contributed by atoms with Gasteiger partial charge in [-0.25, -0.2) is 0 Å². The highest BCUT2D eigenvalue weighted by Crippen LogP contribution is 2.17. The molecule has 2 rings (SSSR count). The second-order valence-corrected chi connectivity index (χ2v) is 3.71. The zero-order chi connectivity index (χ0) is 9.97. The Morgan fingerprint density at radius 2 is 2.29 bits per heavy atom. The van der Waals surface area contributed by atoms with Crippen molar-refractivity contribution in [2.45, 2.75) is 13.0 Å². The van der Waals surface area contributed by atoms with Crippen LogP contribution in [0.25, 0.3) is 0 Å². The Bertz CT molecular complexity index is 413. The molecule has 0 aliphatic rings. The van der Waals surface area contributed by atoms with Crippen LogP contribution in [0.3, 0.4) is 0 Å². The Morgan fingerprint density at radius 1 is 1.43 bits per heavy atom. The highest BCUT2D eigenvalue weighted by atomic mass is 32.1. The summed E-state index contributed by atoms with van der Waals surface area (Å²) in [5, 5.41) is 5.79. The number of rotatable bonds is 2. The van der Waals surface area contributed by atoms with E-state index in [0.717, 1.165) is 16.8 Å². The number of hydrogen-bond acceptors (Lipinski definition) is 5. The Labute approximate surface area is 86.0 Å². The first kappa shape index (κ1) is 9.23. The molecular weight excluding hydrogens is 196 g/mol. The molecule has 0 saturated carbocycles. The van der Waals surface area contributed by atoms with Crippen LogP contribution in [-0.4, -0.2) is 14.6 Å². The number of aromatic nitrogens is 3. The van der Waals surface area contributed by atoms with Crippen molar-refractivity contribution in [1.82, 2.24) is 14.6 Å². The van der Waals surface area contributed by atoms with Gasteiger partial charge >= 0.3 is 0 Å². The molecule has 0 amide bonds. The predicted octanol–water partition coefficient (Wildman–Crippen LogP) is 1.29. The first-order valence-corrected chi connectivity index (χ1v) is 5.05. The lowest BCUT2D eigenvalue weighted by atomic mass is 10.1. The standard InChI is InChI=1S/C9H10N4S/c1-6-2-7(4-11-3-6)9(10)8-5-14-13-12-8/h2-5,9H,10H2,1H3. The quantitative estimate of drug-likeness (QED) is 0.804. The van der Waals surface area contributed by atoms with Crippen molar-refractivity contribution in [2.24, 2.45) is 5.73 Å². The zero-order valence-corrected chi connectivity index (χ0v) is 8.53. The van der Waals surface area contributed by atoms with E-state index in [1.165, 1.54) is 11.5 Å². The van der Waals surface area contributed by atoms with E-state index in [9.17, 15) is 0 Å². The van der Waals surface area contributed by atoms with E-state index in [2.05, 4.69) is 14.6 Å². The predicted molar refractivity (Wildman–Crippen MR) is 54.9 cm³/mol. The minimum Gasteiger partial charge on any atom is -0.319 e. The first-order valence-electron chi connectivity index (χ1n) is 4.21. The number of nitrogens with two attached hydrogens (primary N) is 1. The molecule has 5 heteroatoms. The van der Waals surface area contributed by atoms with Gasteiger partial charge in [-0.1, -0.05) is 10.6 Å². The van der Waals surface area contributed by atoms with E-state index < -0.39 is 0 Å². The first-order chi connectivity index (χ1) is 6.77. The van der Waals surface area contributed by atoms with Gasteiger partial charge in [0.25, 0.3) is 0 Å². The molecule has 0 saturated heterocycles. The van der Waals surface area contributed by atoms with Gasteiger partial charge in [-0.2, -0.15) is 0 Å². The van der Waals surface area contributed by atoms with Gasteiger partial charge < -0.3 is 5.73 Å². The maximum absolute atomic E-state index is 5.99. The van der Waals surface area contributed by atoms with Crippen molar-refractivity contribution in [1.29, 1.82) is 0 Å². The van der Waals surface area contributed by atoms with E-state index in [4.69, 9.17) is 5.73 Å². The molecule has 0 radical (unpaired) electrons. The fraction of sp³-hybridized carbons (Fsp3) is 0.222. The summed E-state index contributed by atoms with van der Waals surface area (Å²) in [4.78, 5) is 4.09. The van der Waals surface area contributed by atoms with Gasteiger partial charge in [0.1, 0.15) is 0 Å². The van der Waals surface area contributed by atoms with Crippen molar-refractivity contribution in [3.63, 3.8) is 0 Å². The third kappa shape index (κ3) is 1.78. The highest BCUT2D eigenvalue weighted by Gasteiger charge is 2.11. The van der Waals surface area contributed by atoms with Crippen LogP contribution in [0.15, 0.2) is 23.8 Å². The molecule has 4 nitrogen and oxygen atoms in total. The molecule has 2 heterocycles. The largest absolute Gasteiger partial charge is 0.319 e. The third-order valence-corrected chi connectivity index (χ3v) is 2.47. The molecule has 1 unspecified atom stereocenters. The Hall–Kier alpha value is -1.33. The van der Waals surface area contributed by atoms with Crippen LogP contribution in [-0.2, 0) is 0 Å². The van der Waals surface area contributed by atoms with E-state index in [1.807, 2.05) is 18.4 Å². The Morgan fingerprint density at radius 3 is 2.93 bits per heavy atom. The van der Waals surface area contributed by atoms with E-state index in [1.54, 1.807) is 12.4 Å². The highest BCUT2D eigenvalue weighted by molar-refractivity contribution is 7.03. The molecule has 0 aromatic carbocycles. The zero-order valence-electron chi connectivity index (χ0n) is 7.71. The molecule has 0 spiro atoms. The monoisotopic (exact) mass is 206 g/mol. The van der Waals surface area contributed by atoms with Gasteiger partial charge in [-0.05, 0) is 29.6 Å². The summed E-state index contributed by atoms with van der Waals surface area (Å²) < 4.78 is 3.78. The lowest BCUT2D eigenvalue weighted by molar-refractivity contribution is 0.811. The summed E-state index contributed by atoms with van der Waals surface area (Å²) in [6.45, 7) is 1.99. The minimum absolute atomic E-state index is 0.221. The number of aryl methyl sites for hydroxylation is 1. The van der Waals surface area contributed by atoms with E-state index >= 15 is 0 Å². The van der Waals surface area contributed by atoms with Crippen LogP contribution in [0.2, 0.25) is 0 Å². The number of nitrogens with zero attached hydrogens (tertiary/aromatic N) is 3. The van der Waals surface area contributed by atoms with E-state index in [0.29, 0.717) is 0 Å². The molecule has 0 aliphatic heterocycles. The molecule has 14 heavy (non-hydrogen) atoms. The molecule has 1 atom stereocenters. The van der Waals surface area contributed by atoms with Crippen LogP contribution in [0.1, 0.15) is 22.9 Å². The summed E-state index contributed by atoms with van der Waals surface area (Å²) >= 11 is 1.31. The van der Waals surface area contributed by atoms with Crippen LogP contribution in [0.4, 0.5) is 0 Å². The lowest BCUT2D eigenvalue weighted by Gasteiger charge is -2.08. The molecule has 2 N–H and O–H groups in total. The second-order valence-electron chi connectivity index (χ2n) is 3.10. The third-order valence-electron chi connectivity index (χ3n) is 1.95. The fourth-order valence-electron chi connectivity index (χ4n) is 1.23. The topological polar surface area (TPSA) is 64.7 Å². The van der Waals surface area contributed by atoms with Crippen molar-refractivity contribution in [3.8, 4) is 0 Å². The van der Waals surface area contributed by atoms with Crippen molar-refractivity contribution in [3.05, 3.63) is 40.7 Å². The van der Waals surface area contributed by atoms with Gasteiger partial charge in [0, 0.05) is 17.8 Å². The molecule has 72 valence electrons. The summed E-state index contributed by atoms with van der Waals surface area (Å²) in [5.41, 5.74) is 8.86. The smallest absolute Gasteiger partial charge is 0.0968 e. The van der Waals surface area contributed by atoms with Gasteiger partial charge in [0.15, 0.2) is 0 Å². The van der Waals surface area contributed by atoms with Crippen molar-refractivity contribution >= 4 is 11.5 Å². The van der Waals surface area contributed by atoms with Gasteiger partial charge in [0.2, 0.25) is 0 Å². The summed E-state index contributed by atoms with van der Waals surface area (Å²) in [7, 11) is 0. The molecule has 2 aromatic heterocycles. The molecule has 0 fully saturated rings. The SMILES string of the molecule is Cc1cncc(C(N)c2csnn2)c1. The Balaban J connectivity index is 2.32. The van der Waals surface area contributed by atoms with Gasteiger partial charge in [0.05, 0.1) is 11.7 Å². The second kappa shape index (κ2) is 3.81. The van der Waals surface area contributed by atoms with Crippen LogP contribution in [0.5, 0.6) is 0 Å². The van der Waals surface area contributed by atoms with Crippen LogP contribution in [0, 0.1) is 6.92 Å². The molecule has 0 bridgehead atoms. The van der Waals surface area contributed by atoms with Gasteiger partial charge in [-0.3, -0.25) is 4.98 Å². The molecule has 0 aliphatic carbocycles. The minimum atomic E-state index is -0.221. The maximum atomic E-state index is 5.99. The maximum Gasteiger partial charge on any atom is 0.0968 e. The summed E-state index contributed by atoms with van der Waals surface area (Å²) in [6.07, 6.45) is 3.56. The summed E-state index contributed by atoms with van der Waals surface area (Å²) in [5.74, 6) is 0. The lowest BCUT2D eigenvalue weighted by Crippen LogP contribution is -2.12. The van der Waals surface area contributed by atoms with Crippen LogP contribution < -0.4 is 5.73 Å². The van der Waals surface area contributed by atoms with Crippen molar-refractivity contribution in [2.75, 3.05) is 0 Å². The average molecular weight is 206 g/mol. The van der Waals surface area contributed by atoms with Crippen LogP contribution >= 0.6 is 11.5 Å². The number of pyridine rings is 1. The van der Waals surface area contributed by atoms with Crippen molar-refractivity contribution < 1.29 is 0 Å².